The Bertz CT molecular complexity index is 846. The molecule has 1 atom stereocenters. The summed E-state index contributed by atoms with van der Waals surface area (Å²) in [5.74, 6) is -0.443. The minimum absolute atomic E-state index is 0.116. The summed E-state index contributed by atoms with van der Waals surface area (Å²) in [6, 6.07) is 6.85. The summed E-state index contributed by atoms with van der Waals surface area (Å²) in [5, 5.41) is 6.58. The Morgan fingerprint density at radius 3 is 2.58 bits per heavy atom. The fourth-order valence-corrected chi connectivity index (χ4v) is 4.39. The van der Waals surface area contributed by atoms with Crippen LogP contribution in [0.3, 0.4) is 0 Å². The van der Waals surface area contributed by atoms with E-state index in [2.05, 4.69) is 15.6 Å². The predicted octanol–water partition coefficient (Wildman–Crippen LogP) is 1.71. The summed E-state index contributed by atoms with van der Waals surface area (Å²) in [6.45, 7) is 0. The molecule has 1 unspecified atom stereocenters. The lowest BCUT2D eigenvalue weighted by molar-refractivity contribution is 0.176. The maximum atomic E-state index is 12.0. The molecule has 0 spiro atoms. The van der Waals surface area contributed by atoms with Crippen LogP contribution in [-0.2, 0) is 9.84 Å². The molecule has 0 aromatic heterocycles. The summed E-state index contributed by atoms with van der Waals surface area (Å²) in [5.41, 5.74) is 12.9. The molecular weight excluding hydrogens is 374 g/mol. The molecule has 1 aromatic rings. The summed E-state index contributed by atoms with van der Waals surface area (Å²) < 4.78 is 24.0. The summed E-state index contributed by atoms with van der Waals surface area (Å²) in [7, 11) is -3.39. The lowest BCUT2D eigenvalue weighted by Gasteiger charge is -2.41. The number of benzene rings is 1. The lowest BCUT2D eigenvalue weighted by atomic mass is 9.82. The van der Waals surface area contributed by atoms with Crippen LogP contribution in [-0.4, -0.2) is 32.7 Å². The van der Waals surface area contributed by atoms with Crippen molar-refractivity contribution in [2.24, 2.45) is 22.4 Å². The van der Waals surface area contributed by atoms with Gasteiger partial charge in [-0.2, -0.15) is 0 Å². The molecule has 1 fully saturated rings. The van der Waals surface area contributed by atoms with Crippen molar-refractivity contribution >= 4 is 33.3 Å². The zero-order valence-electron chi connectivity index (χ0n) is 14.6. The molecular formula is C17H24ClN5O2S. The highest BCUT2D eigenvalue weighted by Crippen LogP contribution is 2.33. The smallest absolute Gasteiger partial charge is 0.186 e. The number of nitrogens with zero attached hydrogens (tertiary/aromatic N) is 1. The number of nitrogens with two attached hydrogens (primary N) is 2. The zero-order valence-corrected chi connectivity index (χ0v) is 16.1. The van der Waals surface area contributed by atoms with Crippen LogP contribution in [0.2, 0.25) is 0 Å². The molecule has 3 rings (SSSR count). The Morgan fingerprint density at radius 1 is 1.27 bits per heavy atom. The number of anilines is 1. The third kappa shape index (κ3) is 4.03. The molecule has 26 heavy (non-hydrogen) atoms. The zero-order chi connectivity index (χ0) is 18.9. The average molecular weight is 398 g/mol. The van der Waals surface area contributed by atoms with Crippen molar-refractivity contribution < 1.29 is 8.42 Å². The molecule has 1 aliphatic carbocycles. The number of aliphatic imine (C=N–C) groups is 1. The van der Waals surface area contributed by atoms with E-state index in [1.54, 1.807) is 24.3 Å². The van der Waals surface area contributed by atoms with Gasteiger partial charge in [-0.3, -0.25) is 5.73 Å². The van der Waals surface area contributed by atoms with Crippen LogP contribution in [0.25, 0.3) is 0 Å². The second kappa shape index (κ2) is 7.19. The van der Waals surface area contributed by atoms with E-state index in [1.807, 2.05) is 0 Å². The lowest BCUT2D eigenvalue weighted by Crippen LogP contribution is -2.60. The van der Waals surface area contributed by atoms with Crippen LogP contribution >= 0.6 is 11.6 Å². The van der Waals surface area contributed by atoms with Crippen LogP contribution < -0.4 is 22.1 Å². The van der Waals surface area contributed by atoms with Crippen molar-refractivity contribution in [2.75, 3.05) is 11.6 Å². The highest BCUT2D eigenvalue weighted by Gasteiger charge is 2.39. The average Bonchev–Trinajstić information content (AvgIpc) is 2.58. The molecule has 1 saturated carbocycles. The first-order valence-electron chi connectivity index (χ1n) is 8.53. The SMILES string of the molecule is CS(=O)(=O)c1ccccc1NC1=C(Cl)C=NC(N)(C2CCC(N)CC2)N1. The van der Waals surface area contributed by atoms with Crippen molar-refractivity contribution in [3.05, 3.63) is 35.1 Å². The van der Waals surface area contributed by atoms with E-state index in [1.165, 1.54) is 6.21 Å². The normalized spacial score (nSPS) is 29.4. The van der Waals surface area contributed by atoms with Gasteiger partial charge in [0, 0.05) is 24.4 Å². The Balaban J connectivity index is 1.84. The minimum atomic E-state index is -3.39. The second-order valence-electron chi connectivity index (χ2n) is 6.94. The molecule has 6 N–H and O–H groups in total. The molecule has 2 aliphatic rings. The number of hydrogen-bond donors (Lipinski definition) is 4. The predicted molar refractivity (Wildman–Crippen MR) is 105 cm³/mol. The van der Waals surface area contributed by atoms with E-state index in [4.69, 9.17) is 23.1 Å². The van der Waals surface area contributed by atoms with E-state index in [9.17, 15) is 8.42 Å². The molecule has 1 aromatic carbocycles. The summed E-state index contributed by atoms with van der Waals surface area (Å²) in [6.07, 6.45) is 6.21. The monoisotopic (exact) mass is 397 g/mol. The number of nitrogens with one attached hydrogen (secondary N) is 2. The molecule has 0 bridgehead atoms. The van der Waals surface area contributed by atoms with Gasteiger partial charge in [0.05, 0.1) is 15.6 Å². The molecule has 7 nitrogen and oxygen atoms in total. The van der Waals surface area contributed by atoms with E-state index in [0.717, 1.165) is 31.9 Å². The Labute approximate surface area is 158 Å². The largest absolute Gasteiger partial charge is 0.340 e. The van der Waals surface area contributed by atoms with E-state index >= 15 is 0 Å². The highest BCUT2D eigenvalue weighted by atomic mass is 35.5. The fraction of sp³-hybridized carbons (Fsp3) is 0.471. The highest BCUT2D eigenvalue weighted by molar-refractivity contribution is 7.90. The van der Waals surface area contributed by atoms with Gasteiger partial charge in [-0.15, -0.1) is 0 Å². The fourth-order valence-electron chi connectivity index (χ4n) is 3.41. The second-order valence-corrected chi connectivity index (χ2v) is 9.33. The van der Waals surface area contributed by atoms with E-state index < -0.39 is 15.6 Å². The molecule has 0 radical (unpaired) electrons. The third-order valence-corrected chi connectivity index (χ3v) is 6.34. The van der Waals surface area contributed by atoms with Crippen LogP contribution in [0, 0.1) is 5.92 Å². The number of halogens is 1. The van der Waals surface area contributed by atoms with Crippen molar-refractivity contribution in [3.63, 3.8) is 0 Å². The maximum Gasteiger partial charge on any atom is 0.186 e. The van der Waals surface area contributed by atoms with Crippen LogP contribution in [0.4, 0.5) is 5.69 Å². The summed E-state index contributed by atoms with van der Waals surface area (Å²) in [4.78, 5) is 4.59. The van der Waals surface area contributed by atoms with Crippen LogP contribution in [0.1, 0.15) is 25.7 Å². The van der Waals surface area contributed by atoms with Gasteiger partial charge in [-0.05, 0) is 37.8 Å². The Hall–Kier alpha value is -1.61. The first kappa shape index (κ1) is 19.2. The number of rotatable bonds is 4. The van der Waals surface area contributed by atoms with Gasteiger partial charge in [0.1, 0.15) is 5.82 Å². The van der Waals surface area contributed by atoms with Gasteiger partial charge in [0.25, 0.3) is 0 Å². The van der Waals surface area contributed by atoms with Crippen molar-refractivity contribution in [1.82, 2.24) is 5.32 Å². The summed E-state index contributed by atoms with van der Waals surface area (Å²) >= 11 is 6.27. The van der Waals surface area contributed by atoms with E-state index in [-0.39, 0.29) is 16.9 Å². The first-order valence-corrected chi connectivity index (χ1v) is 10.8. The number of sulfone groups is 1. The first-order chi connectivity index (χ1) is 12.2. The van der Waals surface area contributed by atoms with Crippen LogP contribution in [0.5, 0.6) is 0 Å². The van der Waals surface area contributed by atoms with E-state index in [0.29, 0.717) is 16.5 Å². The van der Waals surface area contributed by atoms with Crippen LogP contribution in [0.15, 0.2) is 45.0 Å². The molecule has 1 aliphatic heterocycles. The molecule has 1 heterocycles. The molecule has 9 heteroatoms. The quantitative estimate of drug-likeness (QED) is 0.613. The van der Waals surface area contributed by atoms with Crippen molar-refractivity contribution in [2.45, 2.75) is 42.4 Å². The molecule has 142 valence electrons. The Kier molecular flexibility index (Phi) is 5.30. The number of para-hydroxylation sites is 1. The van der Waals surface area contributed by atoms with Gasteiger partial charge in [0.15, 0.2) is 15.6 Å². The standard InChI is InChI=1S/C17H24ClN5O2S/c1-26(24,25)15-5-3-2-4-14(15)22-16-13(18)10-21-17(20,23-16)11-6-8-12(19)9-7-11/h2-5,10-12,22-23H,6-9,19-20H2,1H3. The Morgan fingerprint density at radius 2 is 1.92 bits per heavy atom. The number of hydrogen-bond acceptors (Lipinski definition) is 7. The van der Waals surface area contributed by atoms with Gasteiger partial charge in [0.2, 0.25) is 0 Å². The van der Waals surface area contributed by atoms with Crippen molar-refractivity contribution in [3.8, 4) is 0 Å². The molecule has 0 saturated heterocycles. The van der Waals surface area contributed by atoms with Gasteiger partial charge < -0.3 is 16.4 Å². The third-order valence-electron chi connectivity index (χ3n) is 4.90. The minimum Gasteiger partial charge on any atom is -0.340 e. The maximum absolute atomic E-state index is 12.0. The topological polar surface area (TPSA) is 123 Å². The van der Waals surface area contributed by atoms with Gasteiger partial charge in [-0.25, -0.2) is 13.4 Å². The van der Waals surface area contributed by atoms with Crippen molar-refractivity contribution in [1.29, 1.82) is 0 Å². The van der Waals surface area contributed by atoms with Gasteiger partial charge >= 0.3 is 0 Å². The number of allylic oxidation sites excluding steroid dienone is 1. The molecule has 0 amide bonds. The van der Waals surface area contributed by atoms with Gasteiger partial charge in [-0.1, -0.05) is 23.7 Å².